The van der Waals surface area contributed by atoms with Crippen molar-refractivity contribution in [3.63, 3.8) is 0 Å². The molecule has 2 nitrogen and oxygen atoms in total. The molecule has 17 heavy (non-hydrogen) atoms. The lowest BCUT2D eigenvalue weighted by Crippen LogP contribution is -2.02. The highest BCUT2D eigenvalue weighted by Crippen LogP contribution is 2.29. The van der Waals surface area contributed by atoms with Crippen LogP contribution < -0.4 is 10.5 Å². The third kappa shape index (κ3) is 2.70. The molecule has 90 valence electrons. The SMILES string of the molecule is CC(C)CCOc1ccc(N)c2ccccc12. The van der Waals surface area contributed by atoms with E-state index in [0.717, 1.165) is 35.2 Å². The molecule has 0 saturated heterocycles. The summed E-state index contributed by atoms with van der Waals surface area (Å²) in [5.41, 5.74) is 6.75. The normalized spacial score (nSPS) is 11.0. The molecule has 0 amide bonds. The molecule has 2 aromatic rings. The first-order chi connectivity index (χ1) is 8.18. The minimum Gasteiger partial charge on any atom is -0.493 e. The summed E-state index contributed by atoms with van der Waals surface area (Å²) in [6, 6.07) is 12.0. The van der Waals surface area contributed by atoms with Gasteiger partial charge in [-0.2, -0.15) is 0 Å². The molecule has 0 saturated carbocycles. The van der Waals surface area contributed by atoms with E-state index in [2.05, 4.69) is 19.9 Å². The molecule has 2 N–H and O–H groups in total. The van der Waals surface area contributed by atoms with Crippen molar-refractivity contribution in [1.82, 2.24) is 0 Å². The lowest BCUT2D eigenvalue weighted by molar-refractivity contribution is 0.292. The number of anilines is 1. The summed E-state index contributed by atoms with van der Waals surface area (Å²) in [5, 5.41) is 2.16. The van der Waals surface area contributed by atoms with Crippen molar-refractivity contribution in [3.05, 3.63) is 36.4 Å². The zero-order valence-electron chi connectivity index (χ0n) is 10.4. The number of nitrogen functional groups attached to an aromatic ring is 1. The molecule has 0 fully saturated rings. The lowest BCUT2D eigenvalue weighted by atomic mass is 10.1. The fraction of sp³-hybridized carbons (Fsp3) is 0.333. The fourth-order valence-electron chi connectivity index (χ4n) is 1.83. The van der Waals surface area contributed by atoms with Crippen LogP contribution in [0.1, 0.15) is 20.3 Å². The highest BCUT2D eigenvalue weighted by Gasteiger charge is 2.04. The minimum atomic E-state index is 0.662. The van der Waals surface area contributed by atoms with Crippen molar-refractivity contribution in [2.24, 2.45) is 5.92 Å². The molecule has 0 unspecified atom stereocenters. The second-order valence-electron chi connectivity index (χ2n) is 4.73. The number of ether oxygens (including phenoxy) is 1. The fourth-order valence-corrected chi connectivity index (χ4v) is 1.83. The van der Waals surface area contributed by atoms with E-state index >= 15 is 0 Å². The van der Waals surface area contributed by atoms with Gasteiger partial charge in [0.1, 0.15) is 5.75 Å². The smallest absolute Gasteiger partial charge is 0.127 e. The number of hydrogen-bond donors (Lipinski definition) is 1. The van der Waals surface area contributed by atoms with Crippen molar-refractivity contribution in [1.29, 1.82) is 0 Å². The molecule has 2 aromatic carbocycles. The second-order valence-corrected chi connectivity index (χ2v) is 4.73. The summed E-state index contributed by atoms with van der Waals surface area (Å²) < 4.78 is 5.83. The van der Waals surface area contributed by atoms with Crippen LogP contribution in [0.25, 0.3) is 10.8 Å². The van der Waals surface area contributed by atoms with Crippen LogP contribution in [0.15, 0.2) is 36.4 Å². The molecule has 0 aliphatic carbocycles. The van der Waals surface area contributed by atoms with Crippen molar-refractivity contribution < 1.29 is 4.74 Å². The highest BCUT2D eigenvalue weighted by molar-refractivity contribution is 5.96. The third-order valence-corrected chi connectivity index (χ3v) is 2.87. The van der Waals surface area contributed by atoms with E-state index in [4.69, 9.17) is 10.5 Å². The molecular formula is C15H19NO. The Kier molecular flexibility index (Phi) is 3.52. The van der Waals surface area contributed by atoms with Crippen LogP contribution in [0, 0.1) is 5.92 Å². The number of hydrogen-bond acceptors (Lipinski definition) is 2. The molecule has 2 rings (SSSR count). The Morgan fingerprint density at radius 2 is 1.76 bits per heavy atom. The predicted molar refractivity (Wildman–Crippen MR) is 73.3 cm³/mol. The van der Waals surface area contributed by atoms with Crippen LogP contribution in [-0.4, -0.2) is 6.61 Å². The summed E-state index contributed by atoms with van der Waals surface area (Å²) in [4.78, 5) is 0. The van der Waals surface area contributed by atoms with Crippen LogP contribution in [0.5, 0.6) is 5.75 Å². The lowest BCUT2D eigenvalue weighted by Gasteiger charge is -2.11. The molecular weight excluding hydrogens is 210 g/mol. The summed E-state index contributed by atoms with van der Waals surface area (Å²) in [5.74, 6) is 1.59. The van der Waals surface area contributed by atoms with Crippen LogP contribution in [0.4, 0.5) is 5.69 Å². The molecule has 0 heterocycles. The van der Waals surface area contributed by atoms with Crippen LogP contribution in [0.3, 0.4) is 0 Å². The minimum absolute atomic E-state index is 0.662. The van der Waals surface area contributed by atoms with E-state index in [9.17, 15) is 0 Å². The Labute approximate surface area is 102 Å². The predicted octanol–water partition coefficient (Wildman–Crippen LogP) is 3.85. The molecule has 0 aromatic heterocycles. The van der Waals surface area contributed by atoms with Gasteiger partial charge in [0, 0.05) is 16.5 Å². The van der Waals surface area contributed by atoms with Gasteiger partial charge in [0.15, 0.2) is 0 Å². The quantitative estimate of drug-likeness (QED) is 0.808. The molecule has 0 atom stereocenters. The first-order valence-corrected chi connectivity index (χ1v) is 6.08. The Bertz CT molecular complexity index is 505. The van der Waals surface area contributed by atoms with Crippen LogP contribution in [-0.2, 0) is 0 Å². The maximum Gasteiger partial charge on any atom is 0.127 e. The van der Waals surface area contributed by atoms with E-state index in [1.54, 1.807) is 0 Å². The molecule has 2 heteroatoms. The Balaban J connectivity index is 2.26. The highest BCUT2D eigenvalue weighted by atomic mass is 16.5. The van der Waals surface area contributed by atoms with Gasteiger partial charge in [-0.05, 0) is 24.5 Å². The Morgan fingerprint density at radius 1 is 1.06 bits per heavy atom. The molecule has 0 aliphatic rings. The van der Waals surface area contributed by atoms with E-state index in [-0.39, 0.29) is 0 Å². The van der Waals surface area contributed by atoms with Gasteiger partial charge >= 0.3 is 0 Å². The largest absolute Gasteiger partial charge is 0.493 e. The monoisotopic (exact) mass is 229 g/mol. The summed E-state index contributed by atoms with van der Waals surface area (Å²) in [6.45, 7) is 5.15. The first-order valence-electron chi connectivity index (χ1n) is 6.08. The van der Waals surface area contributed by atoms with Crippen LogP contribution >= 0.6 is 0 Å². The van der Waals surface area contributed by atoms with Crippen LogP contribution in [0.2, 0.25) is 0 Å². The molecule has 0 aliphatic heterocycles. The summed E-state index contributed by atoms with van der Waals surface area (Å²) >= 11 is 0. The number of fused-ring (bicyclic) bond motifs is 1. The van der Waals surface area contributed by atoms with Crippen molar-refractivity contribution in [3.8, 4) is 5.75 Å². The van der Waals surface area contributed by atoms with Gasteiger partial charge in [-0.3, -0.25) is 0 Å². The van der Waals surface area contributed by atoms with Crippen molar-refractivity contribution in [2.75, 3.05) is 12.3 Å². The average Bonchev–Trinajstić information content (AvgIpc) is 2.32. The Morgan fingerprint density at radius 3 is 2.47 bits per heavy atom. The molecule has 0 radical (unpaired) electrons. The van der Waals surface area contributed by atoms with Crippen molar-refractivity contribution in [2.45, 2.75) is 20.3 Å². The van der Waals surface area contributed by atoms with Gasteiger partial charge in [0.05, 0.1) is 6.61 Å². The zero-order chi connectivity index (χ0) is 12.3. The van der Waals surface area contributed by atoms with E-state index in [0.29, 0.717) is 5.92 Å². The standard InChI is InChI=1S/C15H19NO/c1-11(2)9-10-17-15-8-7-14(16)12-5-3-4-6-13(12)15/h3-8,11H,9-10,16H2,1-2H3. The average molecular weight is 229 g/mol. The molecule has 0 bridgehead atoms. The second kappa shape index (κ2) is 5.09. The van der Waals surface area contributed by atoms with E-state index in [1.165, 1.54) is 0 Å². The maximum absolute atomic E-state index is 5.95. The topological polar surface area (TPSA) is 35.2 Å². The molecule has 0 spiro atoms. The van der Waals surface area contributed by atoms with Gasteiger partial charge in [-0.15, -0.1) is 0 Å². The maximum atomic E-state index is 5.95. The zero-order valence-corrected chi connectivity index (χ0v) is 10.4. The van der Waals surface area contributed by atoms with E-state index < -0.39 is 0 Å². The first kappa shape index (κ1) is 11.8. The number of rotatable bonds is 4. The summed E-state index contributed by atoms with van der Waals surface area (Å²) in [7, 11) is 0. The number of nitrogens with two attached hydrogens (primary N) is 1. The summed E-state index contributed by atoms with van der Waals surface area (Å²) in [6.07, 6.45) is 1.07. The van der Waals surface area contributed by atoms with E-state index in [1.807, 2.05) is 30.3 Å². The van der Waals surface area contributed by atoms with Gasteiger partial charge in [-0.25, -0.2) is 0 Å². The Hall–Kier alpha value is -1.70. The van der Waals surface area contributed by atoms with Gasteiger partial charge in [-0.1, -0.05) is 38.1 Å². The van der Waals surface area contributed by atoms with Crippen molar-refractivity contribution >= 4 is 16.5 Å². The van der Waals surface area contributed by atoms with Gasteiger partial charge in [0.25, 0.3) is 0 Å². The third-order valence-electron chi connectivity index (χ3n) is 2.87. The van der Waals surface area contributed by atoms with Gasteiger partial charge in [0.2, 0.25) is 0 Å². The number of benzene rings is 2. The van der Waals surface area contributed by atoms with Gasteiger partial charge < -0.3 is 10.5 Å².